The lowest BCUT2D eigenvalue weighted by Crippen LogP contribution is -2.38. The molecule has 0 radical (unpaired) electrons. The molecule has 0 aliphatic carbocycles. The van der Waals surface area contributed by atoms with E-state index in [1.165, 1.54) is 0 Å². The Morgan fingerprint density at radius 2 is 1.67 bits per heavy atom. The Bertz CT molecular complexity index is 1480. The molecule has 1 N–H and O–H groups in total. The largest absolute Gasteiger partial charge is 0.507 e. The van der Waals surface area contributed by atoms with Crippen LogP contribution < -0.4 is 14.2 Å². The lowest BCUT2D eigenvalue weighted by molar-refractivity contribution is -0.140. The Balaban J connectivity index is 1.67. The number of benzene rings is 3. The van der Waals surface area contributed by atoms with Crippen molar-refractivity contribution in [1.29, 1.82) is 0 Å². The number of ketones is 1. The first kappa shape index (κ1) is 33.6. The second kappa shape index (κ2) is 16.1. The number of methoxy groups -OCH3 is 1. The SMILES string of the molecule is CCCCCOc1ccc(C2/C(=C(\O)c3ccc(OCc4cccc(C)c4)cc3)C(=O)C(=O)N2CCN(CC)CC)cc1OC. The van der Waals surface area contributed by atoms with Gasteiger partial charge in [0.25, 0.3) is 11.7 Å². The summed E-state index contributed by atoms with van der Waals surface area (Å²) < 4.78 is 17.6. The molecule has 240 valence electrons. The second-order valence-corrected chi connectivity index (χ2v) is 11.3. The zero-order valence-corrected chi connectivity index (χ0v) is 27.2. The van der Waals surface area contributed by atoms with E-state index >= 15 is 0 Å². The molecule has 4 rings (SSSR count). The van der Waals surface area contributed by atoms with E-state index in [0.717, 1.165) is 43.5 Å². The van der Waals surface area contributed by atoms with E-state index in [4.69, 9.17) is 14.2 Å². The molecule has 3 aromatic rings. The smallest absolute Gasteiger partial charge is 0.295 e. The molecule has 1 amide bonds. The second-order valence-electron chi connectivity index (χ2n) is 11.3. The predicted octanol–water partition coefficient (Wildman–Crippen LogP) is 6.92. The number of aliphatic hydroxyl groups is 1. The van der Waals surface area contributed by atoms with Crippen molar-refractivity contribution in [2.75, 3.05) is 39.9 Å². The Morgan fingerprint density at radius 3 is 2.33 bits per heavy atom. The number of carbonyl (C=O) groups excluding carboxylic acids is 2. The van der Waals surface area contributed by atoms with E-state index in [0.29, 0.717) is 54.7 Å². The predicted molar refractivity (Wildman–Crippen MR) is 177 cm³/mol. The van der Waals surface area contributed by atoms with E-state index in [1.54, 1.807) is 42.3 Å². The molecule has 0 spiro atoms. The number of ether oxygens (including phenoxy) is 3. The van der Waals surface area contributed by atoms with Crippen LogP contribution in [0.2, 0.25) is 0 Å². The van der Waals surface area contributed by atoms with E-state index in [-0.39, 0.29) is 11.3 Å². The van der Waals surface area contributed by atoms with E-state index in [2.05, 4.69) is 31.7 Å². The number of aryl methyl sites for hydroxylation is 1. The third-order valence-corrected chi connectivity index (χ3v) is 8.22. The monoisotopic (exact) mass is 614 g/mol. The summed E-state index contributed by atoms with van der Waals surface area (Å²) >= 11 is 0. The van der Waals surface area contributed by atoms with Gasteiger partial charge in [0.1, 0.15) is 18.1 Å². The third kappa shape index (κ3) is 8.25. The summed E-state index contributed by atoms with van der Waals surface area (Å²) in [6, 6.07) is 19.7. The number of carbonyl (C=O) groups is 2. The standard InChI is InChI=1S/C37H46N2O6/c1-6-9-10-22-44-31-19-16-29(24-32(31)43-5)34-33(36(41)37(42)39(34)21-20-38(7-2)8-3)35(40)28-14-17-30(18-15-28)45-25-27-13-11-12-26(4)23-27/h11-19,23-24,34,40H,6-10,20-22,25H2,1-5H3/b35-33+. The molecular weight excluding hydrogens is 568 g/mol. The summed E-state index contributed by atoms with van der Waals surface area (Å²) in [6.45, 7) is 11.8. The van der Waals surface area contributed by atoms with Crippen molar-refractivity contribution in [3.63, 3.8) is 0 Å². The van der Waals surface area contributed by atoms with Gasteiger partial charge in [0, 0.05) is 18.7 Å². The molecule has 8 nitrogen and oxygen atoms in total. The van der Waals surface area contributed by atoms with Gasteiger partial charge in [-0.05, 0) is 74.0 Å². The highest BCUT2D eigenvalue weighted by molar-refractivity contribution is 6.46. The number of amides is 1. The van der Waals surface area contributed by atoms with Crippen molar-refractivity contribution in [3.05, 3.63) is 94.6 Å². The van der Waals surface area contributed by atoms with Gasteiger partial charge >= 0.3 is 0 Å². The summed E-state index contributed by atoms with van der Waals surface area (Å²) in [5.41, 5.74) is 3.34. The molecule has 3 aromatic carbocycles. The maximum absolute atomic E-state index is 13.6. The van der Waals surface area contributed by atoms with E-state index < -0.39 is 17.7 Å². The lowest BCUT2D eigenvalue weighted by Gasteiger charge is -2.28. The highest BCUT2D eigenvalue weighted by Gasteiger charge is 2.46. The van der Waals surface area contributed by atoms with Gasteiger partial charge in [-0.3, -0.25) is 9.59 Å². The van der Waals surface area contributed by atoms with Gasteiger partial charge in [0.2, 0.25) is 0 Å². The van der Waals surface area contributed by atoms with Crippen molar-refractivity contribution in [2.24, 2.45) is 0 Å². The normalized spacial score (nSPS) is 16.0. The van der Waals surface area contributed by atoms with Gasteiger partial charge in [-0.15, -0.1) is 0 Å². The number of hydrogen-bond acceptors (Lipinski definition) is 7. The maximum Gasteiger partial charge on any atom is 0.295 e. The Morgan fingerprint density at radius 1 is 0.911 bits per heavy atom. The van der Waals surface area contributed by atoms with Gasteiger partial charge in [-0.25, -0.2) is 0 Å². The van der Waals surface area contributed by atoms with E-state index in [1.807, 2.05) is 37.3 Å². The Kier molecular flexibility index (Phi) is 12.0. The molecule has 1 atom stereocenters. The minimum atomic E-state index is -0.791. The van der Waals surface area contributed by atoms with Gasteiger partial charge in [0.05, 0.1) is 25.3 Å². The lowest BCUT2D eigenvalue weighted by atomic mass is 9.95. The van der Waals surface area contributed by atoms with Crippen LogP contribution in [-0.4, -0.2) is 66.5 Å². The summed E-state index contributed by atoms with van der Waals surface area (Å²) in [7, 11) is 1.57. The summed E-state index contributed by atoms with van der Waals surface area (Å²) in [5, 5.41) is 11.6. The molecule has 1 aliphatic rings. The van der Waals surface area contributed by atoms with Crippen molar-refractivity contribution >= 4 is 17.4 Å². The quantitative estimate of drug-likeness (QED) is 0.0811. The minimum Gasteiger partial charge on any atom is -0.507 e. The number of unbranched alkanes of at least 4 members (excludes halogenated alkanes) is 2. The molecule has 1 aliphatic heterocycles. The highest BCUT2D eigenvalue weighted by Crippen LogP contribution is 2.42. The fourth-order valence-corrected chi connectivity index (χ4v) is 5.59. The van der Waals surface area contributed by atoms with Gasteiger partial charge < -0.3 is 29.1 Å². The van der Waals surface area contributed by atoms with Crippen LogP contribution in [-0.2, 0) is 16.2 Å². The molecule has 0 aromatic heterocycles. The van der Waals surface area contributed by atoms with Crippen molar-refractivity contribution in [2.45, 2.75) is 59.6 Å². The van der Waals surface area contributed by atoms with Crippen LogP contribution in [0, 0.1) is 6.92 Å². The number of likely N-dealkylation sites (N-methyl/N-ethyl adjacent to an activating group) is 1. The number of aliphatic hydroxyl groups excluding tert-OH is 1. The fourth-order valence-electron chi connectivity index (χ4n) is 5.59. The number of likely N-dealkylation sites (tertiary alicyclic amines) is 1. The molecule has 0 bridgehead atoms. The molecule has 1 unspecified atom stereocenters. The zero-order chi connectivity index (χ0) is 32.3. The minimum absolute atomic E-state index is 0.0478. The molecule has 0 saturated carbocycles. The summed E-state index contributed by atoms with van der Waals surface area (Å²) in [6.07, 6.45) is 3.10. The molecule has 1 saturated heterocycles. The fraction of sp³-hybridized carbons (Fsp3) is 0.405. The third-order valence-electron chi connectivity index (χ3n) is 8.22. The first-order chi connectivity index (χ1) is 21.8. The van der Waals surface area contributed by atoms with Crippen LogP contribution in [0.15, 0.2) is 72.3 Å². The molecule has 1 heterocycles. The van der Waals surface area contributed by atoms with Gasteiger partial charge in [-0.1, -0.05) is 69.5 Å². The van der Waals surface area contributed by atoms with E-state index in [9.17, 15) is 14.7 Å². The zero-order valence-electron chi connectivity index (χ0n) is 27.2. The number of hydrogen-bond donors (Lipinski definition) is 1. The number of nitrogens with zero attached hydrogens (tertiary/aromatic N) is 2. The van der Waals surface area contributed by atoms with Crippen LogP contribution in [0.25, 0.3) is 5.76 Å². The summed E-state index contributed by atoms with van der Waals surface area (Å²) in [5.74, 6) is 0.157. The van der Waals surface area contributed by atoms with Crippen LogP contribution in [0.5, 0.6) is 17.2 Å². The Hall–Kier alpha value is -4.30. The molecule has 45 heavy (non-hydrogen) atoms. The molecule has 8 heteroatoms. The number of rotatable bonds is 16. The topological polar surface area (TPSA) is 88.5 Å². The van der Waals surface area contributed by atoms with Crippen LogP contribution >= 0.6 is 0 Å². The average Bonchev–Trinajstić information content (AvgIpc) is 3.31. The Labute approximate surface area is 267 Å². The van der Waals surface area contributed by atoms with Gasteiger partial charge in [-0.2, -0.15) is 0 Å². The summed E-state index contributed by atoms with van der Waals surface area (Å²) in [4.78, 5) is 30.8. The van der Waals surface area contributed by atoms with Crippen LogP contribution in [0.1, 0.15) is 68.3 Å². The van der Waals surface area contributed by atoms with Crippen LogP contribution in [0.3, 0.4) is 0 Å². The van der Waals surface area contributed by atoms with Crippen LogP contribution in [0.4, 0.5) is 0 Å². The molecule has 1 fully saturated rings. The van der Waals surface area contributed by atoms with Crippen molar-refractivity contribution in [1.82, 2.24) is 9.80 Å². The number of Topliss-reactive ketones (excluding diaryl/α,β-unsaturated/α-hetero) is 1. The van der Waals surface area contributed by atoms with Gasteiger partial charge in [0.15, 0.2) is 11.5 Å². The first-order valence-corrected chi connectivity index (χ1v) is 15.9. The van der Waals surface area contributed by atoms with Crippen molar-refractivity contribution in [3.8, 4) is 17.2 Å². The maximum atomic E-state index is 13.6. The van der Waals surface area contributed by atoms with Crippen molar-refractivity contribution < 1.29 is 28.9 Å². The highest BCUT2D eigenvalue weighted by atomic mass is 16.5. The average molecular weight is 615 g/mol. The first-order valence-electron chi connectivity index (χ1n) is 15.9. The molecular formula is C37H46N2O6.